The van der Waals surface area contributed by atoms with Crippen LogP contribution in [0.15, 0.2) is 59.6 Å². The summed E-state index contributed by atoms with van der Waals surface area (Å²) in [5.41, 5.74) is 4.49. The molecule has 0 spiro atoms. The molecule has 0 bridgehead atoms. The van der Waals surface area contributed by atoms with E-state index in [-0.39, 0.29) is 0 Å². The van der Waals surface area contributed by atoms with Crippen molar-refractivity contribution in [3.8, 4) is 0 Å². The first-order chi connectivity index (χ1) is 12.9. The first kappa shape index (κ1) is 19.9. The number of hydrogen-bond acceptors (Lipinski definition) is 4. The number of carboxylic acids is 2. The molecule has 0 saturated heterocycles. The summed E-state index contributed by atoms with van der Waals surface area (Å²) in [5, 5.41) is 16.3. The average molecular weight is 366 g/mol. The molecule has 27 heavy (non-hydrogen) atoms. The highest BCUT2D eigenvalue weighted by Crippen LogP contribution is 2.23. The zero-order chi connectivity index (χ0) is 19.8. The second kappa shape index (κ2) is 9.33. The zero-order valence-electron chi connectivity index (χ0n) is 15.3. The van der Waals surface area contributed by atoms with Crippen molar-refractivity contribution in [3.63, 3.8) is 0 Å². The van der Waals surface area contributed by atoms with Crippen molar-refractivity contribution in [1.82, 2.24) is 0 Å². The van der Waals surface area contributed by atoms with Crippen LogP contribution in [0, 0.1) is 0 Å². The van der Waals surface area contributed by atoms with Crippen LogP contribution in [-0.4, -0.2) is 48.0 Å². The van der Waals surface area contributed by atoms with Crippen LogP contribution >= 0.6 is 0 Å². The van der Waals surface area contributed by atoms with Gasteiger partial charge in [-0.1, -0.05) is 36.4 Å². The molecule has 1 aliphatic rings. The molecular weight excluding hydrogens is 344 g/mol. The number of rotatable bonds is 3. The maximum absolute atomic E-state index is 10.9. The highest BCUT2D eigenvalue weighted by Gasteiger charge is 2.13. The quantitative estimate of drug-likeness (QED) is 0.869. The molecule has 140 valence electrons. The van der Waals surface area contributed by atoms with Gasteiger partial charge in [-0.25, -0.2) is 4.79 Å². The molecule has 1 heterocycles. The fourth-order valence-electron chi connectivity index (χ4n) is 2.60. The smallest absolute Gasteiger partial charge is 0.335 e. The van der Waals surface area contributed by atoms with Crippen molar-refractivity contribution in [2.45, 2.75) is 6.92 Å². The van der Waals surface area contributed by atoms with Gasteiger partial charge in [-0.05, 0) is 29.8 Å². The summed E-state index contributed by atoms with van der Waals surface area (Å²) >= 11 is 0. The number of allylic oxidation sites excluding steroid dienone is 1. The third kappa shape index (κ3) is 5.81. The predicted molar refractivity (Wildman–Crippen MR) is 107 cm³/mol. The predicted octanol–water partition coefficient (Wildman–Crippen LogP) is 3.43. The molecule has 0 saturated carbocycles. The number of fused-ring (bicyclic) bond motifs is 1. The molecule has 0 aromatic heterocycles. The van der Waals surface area contributed by atoms with Crippen molar-refractivity contribution in [1.29, 1.82) is 0 Å². The van der Waals surface area contributed by atoms with E-state index in [1.165, 1.54) is 5.69 Å². The van der Waals surface area contributed by atoms with Gasteiger partial charge in [-0.15, -0.1) is 0 Å². The zero-order valence-corrected chi connectivity index (χ0v) is 15.3. The van der Waals surface area contributed by atoms with Gasteiger partial charge in [-0.3, -0.25) is 9.79 Å². The van der Waals surface area contributed by atoms with Crippen molar-refractivity contribution >= 4 is 29.4 Å². The highest BCUT2D eigenvalue weighted by molar-refractivity contribution is 6.14. The summed E-state index contributed by atoms with van der Waals surface area (Å²) in [6, 6.07) is 15.1. The maximum Gasteiger partial charge on any atom is 0.335 e. The van der Waals surface area contributed by atoms with Crippen LogP contribution in [0.3, 0.4) is 0 Å². The Balaban J connectivity index is 0.000000596. The minimum Gasteiger partial charge on any atom is -0.481 e. The van der Waals surface area contributed by atoms with E-state index in [2.05, 4.69) is 29.1 Å². The third-order valence-electron chi connectivity index (χ3n) is 3.90. The van der Waals surface area contributed by atoms with E-state index in [0.29, 0.717) is 5.56 Å². The molecule has 0 fully saturated rings. The van der Waals surface area contributed by atoms with E-state index in [1.54, 1.807) is 24.3 Å². The van der Waals surface area contributed by atoms with Gasteiger partial charge in [0, 0.05) is 31.8 Å². The molecule has 0 amide bonds. The second-order valence-electron chi connectivity index (χ2n) is 5.99. The number of likely N-dealkylation sites (N-methyl/N-ethyl adjacent to an activating group) is 1. The summed E-state index contributed by atoms with van der Waals surface area (Å²) in [5.74, 6) is -1.74. The van der Waals surface area contributed by atoms with Crippen LogP contribution in [0.2, 0.25) is 0 Å². The number of para-hydroxylation sites is 1. The molecular formula is C21H22N2O4. The van der Waals surface area contributed by atoms with E-state index in [9.17, 15) is 4.79 Å². The normalized spacial score (nSPS) is 13.1. The van der Waals surface area contributed by atoms with Crippen molar-refractivity contribution < 1.29 is 19.8 Å². The minimum atomic E-state index is -0.911. The molecule has 0 aliphatic carbocycles. The van der Waals surface area contributed by atoms with Gasteiger partial charge >= 0.3 is 5.97 Å². The first-order valence-electron chi connectivity index (χ1n) is 8.44. The third-order valence-corrected chi connectivity index (χ3v) is 3.90. The van der Waals surface area contributed by atoms with Crippen molar-refractivity contribution in [2.75, 3.05) is 25.0 Å². The summed E-state index contributed by atoms with van der Waals surface area (Å²) in [6.07, 6.45) is 3.96. The monoisotopic (exact) mass is 366 g/mol. The van der Waals surface area contributed by atoms with Crippen LogP contribution in [0.5, 0.6) is 0 Å². The van der Waals surface area contributed by atoms with Gasteiger partial charge in [0.15, 0.2) is 0 Å². The number of carbonyl (C=O) groups is 2. The standard InChI is InChI=1S/C19H18N2O2.C2H4O2/c1-21-13-12-20-17(16-4-2-3-5-18(16)21)11-8-14-6-9-15(10-7-14)19(22)23;1-2(3)4/h2-11H,12-13H2,1H3,(H,22,23);1H3,(H,3,4). The van der Waals surface area contributed by atoms with Crippen molar-refractivity contribution in [2.24, 2.45) is 4.99 Å². The molecule has 6 nitrogen and oxygen atoms in total. The van der Waals surface area contributed by atoms with Gasteiger partial charge in [-0.2, -0.15) is 0 Å². The highest BCUT2D eigenvalue weighted by atomic mass is 16.4. The number of aliphatic imine (C=N–C) groups is 1. The Morgan fingerprint density at radius 1 is 1.04 bits per heavy atom. The van der Waals surface area contributed by atoms with Crippen LogP contribution < -0.4 is 4.90 Å². The number of benzene rings is 2. The molecule has 0 radical (unpaired) electrons. The molecule has 2 aromatic carbocycles. The van der Waals surface area contributed by atoms with Crippen LogP contribution in [0.4, 0.5) is 5.69 Å². The summed E-state index contributed by atoms with van der Waals surface area (Å²) < 4.78 is 0. The van der Waals surface area contributed by atoms with E-state index < -0.39 is 11.9 Å². The Labute approximate surface area is 158 Å². The summed E-state index contributed by atoms with van der Waals surface area (Å²) in [4.78, 5) is 26.8. The Hall–Kier alpha value is -3.41. The van der Waals surface area contributed by atoms with Gasteiger partial charge < -0.3 is 15.1 Å². The van der Waals surface area contributed by atoms with E-state index in [1.807, 2.05) is 24.3 Å². The lowest BCUT2D eigenvalue weighted by molar-refractivity contribution is -0.134. The molecule has 3 rings (SSSR count). The first-order valence-corrected chi connectivity index (χ1v) is 8.44. The van der Waals surface area contributed by atoms with Gasteiger partial charge in [0.2, 0.25) is 0 Å². The number of aliphatic carboxylic acids is 1. The maximum atomic E-state index is 10.9. The Bertz CT molecular complexity index is 866. The Morgan fingerprint density at radius 2 is 1.67 bits per heavy atom. The SMILES string of the molecule is CC(=O)O.CN1CCN=C(C=Cc2ccc(C(=O)O)cc2)c2ccccc21. The lowest BCUT2D eigenvalue weighted by atomic mass is 10.1. The topological polar surface area (TPSA) is 90.2 Å². The molecule has 0 atom stereocenters. The van der Waals surface area contributed by atoms with Crippen LogP contribution in [0.1, 0.15) is 28.4 Å². The molecule has 6 heteroatoms. The van der Waals surface area contributed by atoms with Gasteiger partial charge in [0.05, 0.1) is 17.8 Å². The summed E-state index contributed by atoms with van der Waals surface area (Å²) in [7, 11) is 2.08. The largest absolute Gasteiger partial charge is 0.481 e. The summed E-state index contributed by atoms with van der Waals surface area (Å²) in [6.45, 7) is 2.73. The molecule has 1 aliphatic heterocycles. The number of hydrogen-bond donors (Lipinski definition) is 2. The van der Waals surface area contributed by atoms with Gasteiger partial charge in [0.25, 0.3) is 5.97 Å². The fourth-order valence-corrected chi connectivity index (χ4v) is 2.60. The molecule has 2 aromatic rings. The van der Waals surface area contributed by atoms with E-state index in [4.69, 9.17) is 15.0 Å². The Morgan fingerprint density at radius 3 is 2.30 bits per heavy atom. The number of nitrogens with zero attached hydrogens (tertiary/aromatic N) is 2. The average Bonchev–Trinajstić information content (AvgIpc) is 2.79. The lowest BCUT2D eigenvalue weighted by Gasteiger charge is -2.18. The van der Waals surface area contributed by atoms with Crippen LogP contribution in [0.25, 0.3) is 6.08 Å². The van der Waals surface area contributed by atoms with E-state index >= 15 is 0 Å². The molecule has 2 N–H and O–H groups in total. The molecule has 0 unspecified atom stereocenters. The number of aromatic carboxylic acids is 1. The van der Waals surface area contributed by atoms with Crippen LogP contribution in [-0.2, 0) is 4.79 Å². The number of benzodiazepines with no additional fused rings is 1. The van der Waals surface area contributed by atoms with Crippen molar-refractivity contribution in [3.05, 3.63) is 71.3 Å². The lowest BCUT2D eigenvalue weighted by Crippen LogP contribution is -2.20. The number of anilines is 1. The second-order valence-corrected chi connectivity index (χ2v) is 5.99. The van der Waals surface area contributed by atoms with E-state index in [0.717, 1.165) is 36.9 Å². The number of carboxylic acid groups (broad SMARTS) is 2. The minimum absolute atomic E-state index is 0.293. The fraction of sp³-hybridized carbons (Fsp3) is 0.190. The van der Waals surface area contributed by atoms with Gasteiger partial charge in [0.1, 0.15) is 0 Å². The Kier molecular flexibility index (Phi) is 6.88.